The quantitative estimate of drug-likeness (QED) is 0.744. The van der Waals surface area contributed by atoms with E-state index in [2.05, 4.69) is 15.9 Å². The number of esters is 1. The van der Waals surface area contributed by atoms with Gasteiger partial charge in [-0.05, 0) is 38.0 Å². The summed E-state index contributed by atoms with van der Waals surface area (Å²) in [7, 11) is 0. The van der Waals surface area contributed by atoms with Gasteiger partial charge >= 0.3 is 12.1 Å². The maximum absolute atomic E-state index is 13.3. The summed E-state index contributed by atoms with van der Waals surface area (Å²) in [6, 6.07) is 6.30. The van der Waals surface area contributed by atoms with Gasteiger partial charge in [-0.15, -0.1) is 0 Å². The molecule has 3 nitrogen and oxygen atoms in total. The number of carbonyl (C=O) groups is 1. The minimum absolute atomic E-state index is 0.281. The molecule has 0 saturated heterocycles. The van der Waals surface area contributed by atoms with E-state index in [1.807, 2.05) is 0 Å². The van der Waals surface area contributed by atoms with Gasteiger partial charge in [0.1, 0.15) is 5.54 Å². The summed E-state index contributed by atoms with van der Waals surface area (Å²) in [5.41, 5.74) is 2.40. The number of benzene rings is 1. The second-order valence-electron chi connectivity index (χ2n) is 6.49. The van der Waals surface area contributed by atoms with E-state index >= 15 is 0 Å². The van der Waals surface area contributed by atoms with Crippen LogP contribution >= 0.6 is 15.9 Å². The number of carbonyl (C=O) groups excluding carboxylic acids is 1. The summed E-state index contributed by atoms with van der Waals surface area (Å²) < 4.78 is 45.6. The Bertz CT molecular complexity index is 555. The highest BCUT2D eigenvalue weighted by Gasteiger charge is 2.54. The summed E-state index contributed by atoms with van der Waals surface area (Å²) in [4.78, 5) is 12.4. The molecular formula is C16H21BrF3NO2. The maximum atomic E-state index is 13.3. The largest absolute Gasteiger partial charge is 0.461 e. The summed E-state index contributed by atoms with van der Waals surface area (Å²) >= 11 is 3.25. The standard InChI is InChI=1S/C16H21BrF3NO2/c1-10(2)23-13(22)15(21,9-14(3,4)16(18,19)20)11-5-7-12(17)8-6-11/h5-8,10H,9,21H2,1-4H3/t15-/m1/s1. The van der Waals surface area contributed by atoms with Crippen molar-refractivity contribution in [3.05, 3.63) is 34.3 Å². The van der Waals surface area contributed by atoms with Crippen LogP contribution < -0.4 is 5.73 Å². The fourth-order valence-corrected chi connectivity index (χ4v) is 2.42. The van der Waals surface area contributed by atoms with Crippen LogP contribution in [-0.4, -0.2) is 18.2 Å². The molecule has 0 aliphatic heterocycles. The monoisotopic (exact) mass is 395 g/mol. The molecule has 0 aromatic heterocycles. The van der Waals surface area contributed by atoms with Crippen molar-refractivity contribution in [1.82, 2.24) is 0 Å². The molecule has 1 atom stereocenters. The van der Waals surface area contributed by atoms with Gasteiger partial charge in [-0.25, -0.2) is 4.79 Å². The average molecular weight is 396 g/mol. The van der Waals surface area contributed by atoms with E-state index in [1.165, 1.54) is 12.1 Å². The van der Waals surface area contributed by atoms with Crippen molar-refractivity contribution in [2.75, 3.05) is 0 Å². The van der Waals surface area contributed by atoms with Gasteiger partial charge in [0.2, 0.25) is 0 Å². The van der Waals surface area contributed by atoms with Gasteiger partial charge in [0, 0.05) is 4.47 Å². The van der Waals surface area contributed by atoms with Crippen molar-refractivity contribution in [2.24, 2.45) is 11.1 Å². The number of alkyl halides is 3. The zero-order valence-corrected chi connectivity index (χ0v) is 15.1. The lowest BCUT2D eigenvalue weighted by atomic mass is 9.74. The van der Waals surface area contributed by atoms with E-state index in [-0.39, 0.29) is 5.56 Å². The smallest absolute Gasteiger partial charge is 0.394 e. The molecule has 0 amide bonds. The Labute approximate surface area is 142 Å². The molecule has 1 rings (SSSR count). The Hall–Kier alpha value is -1.08. The van der Waals surface area contributed by atoms with Crippen LogP contribution in [0.5, 0.6) is 0 Å². The second kappa shape index (κ2) is 6.81. The van der Waals surface area contributed by atoms with Gasteiger partial charge in [0.25, 0.3) is 0 Å². The Kier molecular flexibility index (Phi) is 5.91. The zero-order valence-electron chi connectivity index (χ0n) is 13.5. The van der Waals surface area contributed by atoms with Crippen LogP contribution in [0.25, 0.3) is 0 Å². The van der Waals surface area contributed by atoms with Crippen molar-refractivity contribution in [1.29, 1.82) is 0 Å². The number of hydrogen-bond donors (Lipinski definition) is 1. The minimum Gasteiger partial charge on any atom is -0.461 e. The first-order chi connectivity index (χ1) is 10.3. The molecule has 0 unspecified atom stereocenters. The lowest BCUT2D eigenvalue weighted by Gasteiger charge is -2.37. The highest BCUT2D eigenvalue weighted by atomic mass is 79.9. The molecule has 0 spiro atoms. The third-order valence-electron chi connectivity index (χ3n) is 3.55. The Morgan fingerprint density at radius 2 is 1.70 bits per heavy atom. The van der Waals surface area contributed by atoms with Gasteiger partial charge in [0.15, 0.2) is 0 Å². The Morgan fingerprint density at radius 3 is 2.09 bits per heavy atom. The van der Waals surface area contributed by atoms with E-state index in [1.54, 1.807) is 26.0 Å². The lowest BCUT2D eigenvalue weighted by molar-refractivity contribution is -0.220. The van der Waals surface area contributed by atoms with Crippen LogP contribution in [0, 0.1) is 5.41 Å². The highest BCUT2D eigenvalue weighted by Crippen LogP contribution is 2.45. The van der Waals surface area contributed by atoms with Gasteiger partial charge in [-0.3, -0.25) is 0 Å². The molecule has 0 aliphatic rings. The van der Waals surface area contributed by atoms with Crippen LogP contribution in [0.2, 0.25) is 0 Å². The molecule has 0 radical (unpaired) electrons. The SMILES string of the molecule is CC(C)OC(=O)[C@@](N)(CC(C)(C)C(F)(F)F)c1ccc(Br)cc1. The summed E-state index contributed by atoms with van der Waals surface area (Å²) in [5.74, 6) is -0.868. The number of hydrogen-bond acceptors (Lipinski definition) is 3. The topological polar surface area (TPSA) is 52.3 Å². The van der Waals surface area contributed by atoms with E-state index in [0.29, 0.717) is 0 Å². The van der Waals surface area contributed by atoms with Crippen LogP contribution in [0.1, 0.15) is 39.7 Å². The van der Waals surface area contributed by atoms with Crippen LogP contribution in [0.4, 0.5) is 13.2 Å². The van der Waals surface area contributed by atoms with Gasteiger partial charge in [0.05, 0.1) is 11.5 Å². The fraction of sp³-hybridized carbons (Fsp3) is 0.562. The normalized spacial score (nSPS) is 15.4. The molecule has 1 aromatic rings. The van der Waals surface area contributed by atoms with E-state index in [9.17, 15) is 18.0 Å². The van der Waals surface area contributed by atoms with Crippen molar-refractivity contribution in [3.63, 3.8) is 0 Å². The first-order valence-corrected chi connectivity index (χ1v) is 7.91. The van der Waals surface area contributed by atoms with Gasteiger partial charge in [-0.2, -0.15) is 13.2 Å². The Morgan fingerprint density at radius 1 is 1.22 bits per heavy atom. The fourth-order valence-electron chi connectivity index (χ4n) is 2.16. The highest BCUT2D eigenvalue weighted by molar-refractivity contribution is 9.10. The van der Waals surface area contributed by atoms with Crippen molar-refractivity contribution >= 4 is 21.9 Å². The number of halogens is 4. The maximum Gasteiger partial charge on any atom is 0.394 e. The summed E-state index contributed by atoms with van der Waals surface area (Å²) in [5, 5.41) is 0. The average Bonchev–Trinajstić information content (AvgIpc) is 2.36. The van der Waals surface area contributed by atoms with Crippen molar-refractivity contribution < 1.29 is 22.7 Å². The second-order valence-corrected chi connectivity index (χ2v) is 7.41. The predicted molar refractivity (Wildman–Crippen MR) is 85.7 cm³/mol. The third-order valence-corrected chi connectivity index (χ3v) is 4.08. The molecule has 2 N–H and O–H groups in total. The van der Waals surface area contributed by atoms with Gasteiger partial charge < -0.3 is 10.5 Å². The molecule has 0 saturated carbocycles. The molecule has 1 aromatic carbocycles. The predicted octanol–water partition coefficient (Wildman–Crippen LogP) is 4.53. The molecule has 0 bridgehead atoms. The number of nitrogens with two attached hydrogens (primary N) is 1. The number of ether oxygens (including phenoxy) is 1. The third kappa shape index (κ3) is 4.70. The van der Waals surface area contributed by atoms with Crippen molar-refractivity contribution in [3.8, 4) is 0 Å². The first-order valence-electron chi connectivity index (χ1n) is 7.12. The van der Waals surface area contributed by atoms with Crippen molar-refractivity contribution in [2.45, 2.75) is 51.9 Å². The lowest BCUT2D eigenvalue weighted by Crippen LogP contribution is -2.52. The molecule has 23 heavy (non-hydrogen) atoms. The first kappa shape index (κ1) is 20.0. The van der Waals surface area contributed by atoms with E-state index < -0.39 is 35.6 Å². The molecule has 0 fully saturated rings. The number of rotatable bonds is 5. The van der Waals surface area contributed by atoms with E-state index in [4.69, 9.17) is 10.5 Å². The van der Waals surface area contributed by atoms with Crippen LogP contribution in [0.3, 0.4) is 0 Å². The molecule has 7 heteroatoms. The van der Waals surface area contributed by atoms with Gasteiger partial charge in [-0.1, -0.05) is 41.9 Å². The van der Waals surface area contributed by atoms with E-state index in [0.717, 1.165) is 18.3 Å². The zero-order chi connectivity index (χ0) is 18.1. The molecular weight excluding hydrogens is 375 g/mol. The Balaban J connectivity index is 3.31. The summed E-state index contributed by atoms with van der Waals surface area (Å²) in [6.07, 6.45) is -5.59. The summed E-state index contributed by atoms with van der Waals surface area (Å²) in [6.45, 7) is 5.29. The van der Waals surface area contributed by atoms with Crippen LogP contribution in [-0.2, 0) is 15.1 Å². The minimum atomic E-state index is -4.49. The van der Waals surface area contributed by atoms with Crippen LogP contribution in [0.15, 0.2) is 28.7 Å². The molecule has 130 valence electrons. The molecule has 0 aliphatic carbocycles. The molecule has 0 heterocycles.